The van der Waals surface area contributed by atoms with E-state index in [0.29, 0.717) is 16.3 Å². The number of carboxylic acid groups (broad SMARTS) is 1. The predicted octanol–water partition coefficient (Wildman–Crippen LogP) is 3.94. The van der Waals surface area contributed by atoms with Crippen molar-refractivity contribution < 1.29 is 18.3 Å². The maximum Gasteiger partial charge on any atom is 0.325 e. The molecule has 4 rings (SSSR count). The Hall–Kier alpha value is -2.39. The Bertz CT molecular complexity index is 1190. The van der Waals surface area contributed by atoms with Gasteiger partial charge in [-0.2, -0.15) is 4.72 Å². The number of rotatable bonds is 6. The minimum atomic E-state index is -4.02. The summed E-state index contributed by atoms with van der Waals surface area (Å²) in [5, 5.41) is 10.3. The summed E-state index contributed by atoms with van der Waals surface area (Å²) >= 11 is 6.97. The molecule has 1 saturated carbocycles. The van der Waals surface area contributed by atoms with E-state index in [0.717, 1.165) is 21.8 Å². The van der Waals surface area contributed by atoms with E-state index in [1.165, 1.54) is 6.07 Å². The van der Waals surface area contributed by atoms with Crippen LogP contribution in [0.25, 0.3) is 10.4 Å². The third-order valence-corrected chi connectivity index (χ3v) is 8.33. The Morgan fingerprint density at radius 2 is 1.90 bits per heavy atom. The molecule has 1 heterocycles. The van der Waals surface area contributed by atoms with Gasteiger partial charge in [0.05, 0.1) is 0 Å². The first-order valence-corrected chi connectivity index (χ1v) is 11.4. The highest BCUT2D eigenvalue weighted by molar-refractivity contribution is 7.91. The van der Waals surface area contributed by atoms with Gasteiger partial charge in [-0.05, 0) is 53.9 Å². The zero-order valence-electron chi connectivity index (χ0n) is 15.0. The standard InChI is InChI=1S/C20H17ClN2O4S2/c21-14-6-4-12(5-7-14)17-8-9-18(28-17)29(26,27)23-20(19(24)25)11-16(20)13-2-1-3-15(22)10-13/h1-10,16,23H,11,22H2,(H,24,25)/t16-,20-/m0/s1. The second kappa shape index (κ2) is 7.14. The molecule has 2 aromatic carbocycles. The number of hydrogen-bond acceptors (Lipinski definition) is 5. The maximum atomic E-state index is 12.9. The fourth-order valence-electron chi connectivity index (χ4n) is 3.36. The smallest absolute Gasteiger partial charge is 0.325 e. The van der Waals surface area contributed by atoms with Gasteiger partial charge in [-0.1, -0.05) is 35.9 Å². The average molecular weight is 449 g/mol. The van der Waals surface area contributed by atoms with E-state index in [9.17, 15) is 18.3 Å². The molecule has 1 aliphatic rings. The van der Waals surface area contributed by atoms with Gasteiger partial charge in [-0.15, -0.1) is 11.3 Å². The first-order valence-electron chi connectivity index (χ1n) is 8.70. The summed E-state index contributed by atoms with van der Waals surface area (Å²) in [5.41, 5.74) is 6.24. The van der Waals surface area contributed by atoms with Crippen LogP contribution in [-0.4, -0.2) is 25.0 Å². The topological polar surface area (TPSA) is 109 Å². The Labute approximate surface area is 177 Å². The van der Waals surface area contributed by atoms with Gasteiger partial charge in [-0.25, -0.2) is 8.42 Å². The van der Waals surface area contributed by atoms with Gasteiger partial charge in [-0.3, -0.25) is 4.79 Å². The molecule has 1 aromatic heterocycles. The molecule has 0 unspecified atom stereocenters. The summed E-state index contributed by atoms with van der Waals surface area (Å²) in [7, 11) is -4.02. The van der Waals surface area contributed by atoms with E-state index in [4.69, 9.17) is 17.3 Å². The highest BCUT2D eigenvalue weighted by Gasteiger charge is 2.63. The number of carboxylic acids is 1. The van der Waals surface area contributed by atoms with Crippen LogP contribution in [-0.2, 0) is 14.8 Å². The second-order valence-electron chi connectivity index (χ2n) is 6.93. The average Bonchev–Trinajstić information content (AvgIpc) is 3.16. The van der Waals surface area contributed by atoms with Crippen LogP contribution in [0.15, 0.2) is 64.9 Å². The van der Waals surface area contributed by atoms with E-state index < -0.39 is 27.4 Å². The third-order valence-electron chi connectivity index (χ3n) is 4.95. The van der Waals surface area contributed by atoms with Gasteiger partial charge in [0.15, 0.2) is 0 Å². The van der Waals surface area contributed by atoms with Gasteiger partial charge < -0.3 is 10.8 Å². The Morgan fingerprint density at radius 3 is 2.55 bits per heavy atom. The van der Waals surface area contributed by atoms with E-state index in [2.05, 4.69) is 4.72 Å². The normalized spacial score (nSPS) is 21.1. The van der Waals surface area contributed by atoms with Crippen LogP contribution in [0.2, 0.25) is 5.02 Å². The molecule has 0 amide bonds. The number of thiophene rings is 1. The summed E-state index contributed by atoms with van der Waals surface area (Å²) in [6, 6.07) is 17.1. The van der Waals surface area contributed by atoms with Crippen LogP contribution in [0.5, 0.6) is 0 Å². The highest BCUT2D eigenvalue weighted by Crippen LogP contribution is 2.53. The van der Waals surface area contributed by atoms with Crippen molar-refractivity contribution in [3.63, 3.8) is 0 Å². The molecular weight excluding hydrogens is 432 g/mol. The predicted molar refractivity (Wildman–Crippen MR) is 114 cm³/mol. The fraction of sp³-hybridized carbons (Fsp3) is 0.150. The largest absolute Gasteiger partial charge is 0.480 e. The van der Waals surface area contributed by atoms with Crippen LogP contribution in [0.4, 0.5) is 5.69 Å². The third kappa shape index (κ3) is 3.76. The molecule has 0 bridgehead atoms. The fourth-order valence-corrected chi connectivity index (χ4v) is 6.20. The number of anilines is 1. The zero-order valence-corrected chi connectivity index (χ0v) is 17.4. The first-order chi connectivity index (χ1) is 13.7. The highest BCUT2D eigenvalue weighted by atomic mass is 35.5. The number of benzene rings is 2. The number of carbonyl (C=O) groups is 1. The van der Waals surface area contributed by atoms with E-state index in [1.54, 1.807) is 54.6 Å². The Kier molecular flexibility index (Phi) is 4.90. The number of nitrogens with one attached hydrogen (secondary N) is 1. The number of halogens is 1. The lowest BCUT2D eigenvalue weighted by molar-refractivity contribution is -0.140. The molecule has 0 radical (unpaired) electrons. The number of aliphatic carboxylic acids is 1. The molecule has 1 aliphatic carbocycles. The second-order valence-corrected chi connectivity index (χ2v) is 10.4. The van der Waals surface area contributed by atoms with Crippen LogP contribution < -0.4 is 10.5 Å². The summed E-state index contributed by atoms with van der Waals surface area (Å²) in [6.45, 7) is 0. The van der Waals surface area contributed by atoms with Gasteiger partial charge in [0.1, 0.15) is 9.75 Å². The lowest BCUT2D eigenvalue weighted by Crippen LogP contribution is -2.44. The minimum absolute atomic E-state index is 0.0568. The van der Waals surface area contributed by atoms with Crippen molar-refractivity contribution >= 4 is 44.6 Å². The molecule has 29 heavy (non-hydrogen) atoms. The summed E-state index contributed by atoms with van der Waals surface area (Å²) in [5.74, 6) is -1.68. The monoisotopic (exact) mass is 448 g/mol. The molecule has 0 saturated heterocycles. The zero-order chi connectivity index (χ0) is 20.8. The summed E-state index contributed by atoms with van der Waals surface area (Å²) in [6.07, 6.45) is 0.167. The lowest BCUT2D eigenvalue weighted by atomic mass is 10.1. The van der Waals surface area contributed by atoms with Gasteiger partial charge >= 0.3 is 5.97 Å². The van der Waals surface area contributed by atoms with E-state index in [-0.39, 0.29) is 10.6 Å². The quantitative estimate of drug-likeness (QED) is 0.495. The van der Waals surface area contributed by atoms with Crippen molar-refractivity contribution in [1.29, 1.82) is 0 Å². The van der Waals surface area contributed by atoms with Crippen molar-refractivity contribution in [1.82, 2.24) is 4.72 Å². The SMILES string of the molecule is Nc1cccc([C@@H]2C[C@@]2(NS(=O)(=O)c2ccc(-c3ccc(Cl)cc3)s2)C(=O)O)c1. The van der Waals surface area contributed by atoms with Crippen LogP contribution >= 0.6 is 22.9 Å². The van der Waals surface area contributed by atoms with Crippen LogP contribution in [0.1, 0.15) is 17.9 Å². The van der Waals surface area contributed by atoms with Crippen molar-refractivity contribution in [2.24, 2.45) is 0 Å². The van der Waals surface area contributed by atoms with Crippen LogP contribution in [0, 0.1) is 0 Å². The van der Waals surface area contributed by atoms with Gasteiger partial charge in [0, 0.05) is 21.5 Å². The number of sulfonamides is 1. The number of nitrogen functional groups attached to an aromatic ring is 1. The minimum Gasteiger partial charge on any atom is -0.480 e. The van der Waals surface area contributed by atoms with E-state index in [1.807, 2.05) is 0 Å². The lowest BCUT2D eigenvalue weighted by Gasteiger charge is -2.15. The maximum absolute atomic E-state index is 12.9. The molecule has 6 nitrogen and oxygen atoms in total. The van der Waals surface area contributed by atoms with Crippen molar-refractivity contribution in [2.45, 2.75) is 22.1 Å². The Morgan fingerprint density at radius 1 is 1.17 bits per heavy atom. The molecule has 4 N–H and O–H groups in total. The molecular formula is C20H17ClN2O4S2. The van der Waals surface area contributed by atoms with Crippen molar-refractivity contribution in [2.75, 3.05) is 5.73 Å². The van der Waals surface area contributed by atoms with E-state index >= 15 is 0 Å². The van der Waals surface area contributed by atoms with Gasteiger partial charge in [0.25, 0.3) is 10.0 Å². The van der Waals surface area contributed by atoms with Gasteiger partial charge in [0.2, 0.25) is 0 Å². The van der Waals surface area contributed by atoms with Crippen molar-refractivity contribution in [3.05, 3.63) is 71.2 Å². The molecule has 2 atom stereocenters. The van der Waals surface area contributed by atoms with Crippen LogP contribution in [0.3, 0.4) is 0 Å². The molecule has 3 aromatic rings. The number of nitrogens with two attached hydrogens (primary N) is 1. The Balaban J connectivity index is 1.61. The molecule has 9 heteroatoms. The molecule has 1 fully saturated rings. The molecule has 0 aliphatic heterocycles. The number of hydrogen-bond donors (Lipinski definition) is 3. The summed E-state index contributed by atoms with van der Waals surface area (Å²) in [4.78, 5) is 12.7. The summed E-state index contributed by atoms with van der Waals surface area (Å²) < 4.78 is 28.3. The molecule has 150 valence electrons. The first kappa shape index (κ1) is 19.9. The van der Waals surface area contributed by atoms with Crippen molar-refractivity contribution in [3.8, 4) is 10.4 Å². The molecule has 0 spiro atoms.